The topological polar surface area (TPSA) is 81.7 Å². The number of hydrogen-bond acceptors (Lipinski definition) is 5. The van der Waals surface area contributed by atoms with Gasteiger partial charge in [-0.2, -0.15) is 0 Å². The lowest BCUT2D eigenvalue weighted by molar-refractivity contribution is 0.0948. The number of nitrogens with one attached hydrogen (secondary N) is 1. The smallest absolute Gasteiger partial charge is 0.251 e. The average molecular weight is 327 g/mol. The first kappa shape index (κ1) is 16.6. The van der Waals surface area contributed by atoms with Crippen LogP contribution < -0.4 is 14.8 Å². The van der Waals surface area contributed by atoms with Crippen molar-refractivity contribution in [3.8, 4) is 11.5 Å². The van der Waals surface area contributed by atoms with Gasteiger partial charge in [0.25, 0.3) is 5.91 Å². The quantitative estimate of drug-likeness (QED) is 0.850. The number of hydrogen-bond donors (Lipinski definition) is 1. The largest absolute Gasteiger partial charge is 0.493 e. The molecule has 1 aliphatic rings. The van der Waals surface area contributed by atoms with Gasteiger partial charge in [0.1, 0.15) is 0 Å². The lowest BCUT2D eigenvalue weighted by atomic mass is 10.1. The molecule has 0 spiro atoms. The molecule has 1 aromatic rings. The molecule has 1 aromatic carbocycles. The van der Waals surface area contributed by atoms with Crippen LogP contribution in [0.5, 0.6) is 11.5 Å². The normalized spacial score (nSPS) is 19.6. The molecule has 1 N–H and O–H groups in total. The Bertz CT molecular complexity index is 641. The fraction of sp³-hybridized carbons (Fsp3) is 0.533. The van der Waals surface area contributed by atoms with E-state index in [1.807, 2.05) is 6.92 Å². The van der Waals surface area contributed by atoms with Crippen molar-refractivity contribution in [2.75, 3.05) is 31.8 Å². The Morgan fingerprint density at radius 1 is 1.36 bits per heavy atom. The van der Waals surface area contributed by atoms with Gasteiger partial charge in [0, 0.05) is 12.1 Å². The summed E-state index contributed by atoms with van der Waals surface area (Å²) in [4.78, 5) is 12.2. The summed E-state index contributed by atoms with van der Waals surface area (Å²) in [5.41, 5.74) is 0.463. The predicted molar refractivity (Wildman–Crippen MR) is 83.3 cm³/mol. The van der Waals surface area contributed by atoms with E-state index < -0.39 is 9.84 Å². The van der Waals surface area contributed by atoms with E-state index in [4.69, 9.17) is 9.47 Å². The first-order chi connectivity index (χ1) is 10.4. The van der Waals surface area contributed by atoms with Gasteiger partial charge in [-0.1, -0.05) is 0 Å². The van der Waals surface area contributed by atoms with Crippen LogP contribution in [-0.2, 0) is 9.84 Å². The molecule has 122 valence electrons. The Hall–Kier alpha value is -1.76. The van der Waals surface area contributed by atoms with Crippen LogP contribution in [0.1, 0.15) is 23.7 Å². The van der Waals surface area contributed by atoms with Crippen LogP contribution in [0.2, 0.25) is 0 Å². The highest BCUT2D eigenvalue weighted by molar-refractivity contribution is 7.91. The molecule has 0 bridgehead atoms. The molecule has 0 radical (unpaired) electrons. The highest BCUT2D eigenvalue weighted by atomic mass is 32.2. The lowest BCUT2D eigenvalue weighted by Crippen LogP contribution is -2.29. The second-order valence-corrected chi connectivity index (χ2v) is 7.51. The maximum atomic E-state index is 12.2. The third-order valence-electron chi connectivity index (χ3n) is 3.60. The second-order valence-electron chi connectivity index (χ2n) is 5.28. The molecule has 1 aliphatic heterocycles. The number of amides is 1. The number of benzene rings is 1. The van der Waals surface area contributed by atoms with Crippen LogP contribution in [0.4, 0.5) is 0 Å². The lowest BCUT2D eigenvalue weighted by Gasteiger charge is -2.12. The van der Waals surface area contributed by atoms with Gasteiger partial charge in [-0.05, 0) is 37.5 Å². The number of sulfone groups is 1. The van der Waals surface area contributed by atoms with Crippen molar-refractivity contribution in [3.05, 3.63) is 23.8 Å². The summed E-state index contributed by atoms with van der Waals surface area (Å²) in [6, 6.07) is 4.96. The zero-order chi connectivity index (χ0) is 16.2. The summed E-state index contributed by atoms with van der Waals surface area (Å²) < 4.78 is 33.4. The van der Waals surface area contributed by atoms with E-state index >= 15 is 0 Å². The first-order valence-corrected chi connectivity index (χ1v) is 9.06. The molecule has 2 rings (SSSR count). The van der Waals surface area contributed by atoms with Gasteiger partial charge in [0.05, 0.1) is 25.2 Å². The molecular weight excluding hydrogens is 306 g/mol. The molecule has 1 amide bonds. The third kappa shape index (κ3) is 4.13. The van der Waals surface area contributed by atoms with Crippen molar-refractivity contribution in [2.24, 2.45) is 5.92 Å². The number of methoxy groups -OCH3 is 1. The summed E-state index contributed by atoms with van der Waals surface area (Å²) in [6.45, 7) is 2.70. The zero-order valence-corrected chi connectivity index (χ0v) is 13.6. The van der Waals surface area contributed by atoms with Crippen molar-refractivity contribution >= 4 is 15.7 Å². The molecule has 0 aromatic heterocycles. The van der Waals surface area contributed by atoms with Crippen LogP contribution in [0, 0.1) is 5.92 Å². The van der Waals surface area contributed by atoms with Crippen molar-refractivity contribution in [1.82, 2.24) is 5.32 Å². The van der Waals surface area contributed by atoms with Gasteiger partial charge >= 0.3 is 0 Å². The Morgan fingerprint density at radius 3 is 2.73 bits per heavy atom. The van der Waals surface area contributed by atoms with Crippen LogP contribution >= 0.6 is 0 Å². The van der Waals surface area contributed by atoms with Crippen molar-refractivity contribution in [1.29, 1.82) is 0 Å². The molecule has 7 heteroatoms. The minimum Gasteiger partial charge on any atom is -0.493 e. The highest BCUT2D eigenvalue weighted by Gasteiger charge is 2.28. The number of rotatable bonds is 6. The number of ether oxygens (including phenoxy) is 2. The Morgan fingerprint density at radius 2 is 2.14 bits per heavy atom. The summed E-state index contributed by atoms with van der Waals surface area (Å²) in [7, 11) is -1.38. The average Bonchev–Trinajstić information content (AvgIpc) is 2.84. The van der Waals surface area contributed by atoms with E-state index in [1.54, 1.807) is 18.2 Å². The van der Waals surface area contributed by atoms with E-state index in [0.29, 0.717) is 36.6 Å². The molecule has 0 saturated carbocycles. The van der Waals surface area contributed by atoms with Gasteiger partial charge in [0.15, 0.2) is 21.3 Å². The van der Waals surface area contributed by atoms with E-state index in [2.05, 4.69) is 5.32 Å². The minimum atomic E-state index is -2.92. The Labute approximate surface area is 130 Å². The summed E-state index contributed by atoms with van der Waals surface area (Å²) >= 11 is 0. The fourth-order valence-electron chi connectivity index (χ4n) is 2.46. The van der Waals surface area contributed by atoms with Crippen LogP contribution in [0.3, 0.4) is 0 Å². The van der Waals surface area contributed by atoms with E-state index in [-0.39, 0.29) is 23.3 Å². The Kier molecular flexibility index (Phi) is 5.28. The zero-order valence-electron chi connectivity index (χ0n) is 12.8. The van der Waals surface area contributed by atoms with Gasteiger partial charge < -0.3 is 14.8 Å². The van der Waals surface area contributed by atoms with Crippen molar-refractivity contribution in [2.45, 2.75) is 13.3 Å². The standard InChI is InChI=1S/C15H21NO5S/c1-3-21-14-8-12(4-5-13(14)20-2)15(17)16-9-11-6-7-22(18,19)10-11/h4-5,8,11H,3,6-7,9-10H2,1-2H3,(H,16,17). The van der Waals surface area contributed by atoms with Gasteiger partial charge in [-0.3, -0.25) is 4.79 Å². The SMILES string of the molecule is CCOc1cc(C(=O)NCC2CCS(=O)(=O)C2)ccc1OC. The minimum absolute atomic E-state index is 0.00133. The van der Waals surface area contributed by atoms with Crippen molar-refractivity contribution in [3.63, 3.8) is 0 Å². The molecule has 1 heterocycles. The van der Waals surface area contributed by atoms with Crippen molar-refractivity contribution < 1.29 is 22.7 Å². The Balaban J connectivity index is 1.99. The highest BCUT2D eigenvalue weighted by Crippen LogP contribution is 2.28. The van der Waals surface area contributed by atoms with Crippen LogP contribution in [-0.4, -0.2) is 46.1 Å². The van der Waals surface area contributed by atoms with Gasteiger partial charge in [-0.15, -0.1) is 0 Å². The number of carbonyl (C=O) groups excluding carboxylic acids is 1. The second kappa shape index (κ2) is 7.00. The molecule has 1 saturated heterocycles. The molecular formula is C15H21NO5S. The number of carbonyl (C=O) groups is 1. The van der Waals surface area contributed by atoms with E-state index in [1.165, 1.54) is 7.11 Å². The third-order valence-corrected chi connectivity index (χ3v) is 5.44. The summed E-state index contributed by atoms with van der Waals surface area (Å²) in [6.07, 6.45) is 0.607. The summed E-state index contributed by atoms with van der Waals surface area (Å²) in [5, 5.41) is 2.79. The summed E-state index contributed by atoms with van der Waals surface area (Å²) in [5.74, 6) is 1.21. The van der Waals surface area contributed by atoms with Crippen LogP contribution in [0.25, 0.3) is 0 Å². The van der Waals surface area contributed by atoms with Gasteiger partial charge in [0.2, 0.25) is 0 Å². The van der Waals surface area contributed by atoms with Crippen LogP contribution in [0.15, 0.2) is 18.2 Å². The monoisotopic (exact) mass is 327 g/mol. The molecule has 0 aliphatic carbocycles. The van der Waals surface area contributed by atoms with Gasteiger partial charge in [-0.25, -0.2) is 8.42 Å². The van der Waals surface area contributed by atoms with E-state index in [0.717, 1.165) is 0 Å². The molecule has 1 atom stereocenters. The molecule has 6 nitrogen and oxygen atoms in total. The fourth-order valence-corrected chi connectivity index (χ4v) is 4.32. The maximum Gasteiger partial charge on any atom is 0.251 e. The molecule has 1 fully saturated rings. The molecule has 1 unspecified atom stereocenters. The maximum absolute atomic E-state index is 12.2. The van der Waals surface area contributed by atoms with E-state index in [9.17, 15) is 13.2 Å². The molecule has 22 heavy (non-hydrogen) atoms. The first-order valence-electron chi connectivity index (χ1n) is 7.24. The predicted octanol–water partition coefficient (Wildman–Crippen LogP) is 1.26.